The maximum absolute atomic E-state index is 3.67. The average molecular weight is 154 g/mol. The number of rotatable bonds is 2. The molecule has 2 fully saturated rings. The third-order valence-electron chi connectivity index (χ3n) is 2.78. The fourth-order valence-electron chi connectivity index (χ4n) is 1.81. The van der Waals surface area contributed by atoms with Gasteiger partial charge in [0, 0.05) is 6.04 Å². The van der Waals surface area contributed by atoms with Crippen molar-refractivity contribution in [2.45, 2.75) is 44.3 Å². The van der Waals surface area contributed by atoms with E-state index in [0.717, 1.165) is 6.04 Å². The summed E-state index contributed by atoms with van der Waals surface area (Å²) in [6.07, 6.45) is 7.66. The summed E-state index contributed by atoms with van der Waals surface area (Å²) in [5, 5.41) is 3.67. The minimum absolute atomic E-state index is 0.691. The predicted molar refractivity (Wildman–Crippen MR) is 46.4 cm³/mol. The molecule has 1 aliphatic carbocycles. The highest BCUT2D eigenvalue weighted by Crippen LogP contribution is 2.22. The molecule has 1 saturated heterocycles. The Kier molecular flexibility index (Phi) is 2.14. The van der Waals surface area contributed by atoms with E-state index >= 15 is 0 Å². The number of piperidine rings is 1. The zero-order valence-electron chi connectivity index (χ0n) is 7.34. The van der Waals surface area contributed by atoms with Crippen LogP contribution in [0, 0.1) is 0 Å². The van der Waals surface area contributed by atoms with Crippen LogP contribution in [0.5, 0.6) is 0 Å². The zero-order chi connectivity index (χ0) is 7.68. The molecule has 2 heteroatoms. The van der Waals surface area contributed by atoms with E-state index in [1.54, 1.807) is 0 Å². The second-order valence-electron chi connectivity index (χ2n) is 3.93. The van der Waals surface area contributed by atoms with Crippen LogP contribution in [0.4, 0.5) is 0 Å². The standard InChI is InChI=1S/C9H18N2/c1-11-7-3-2-4-9(11)10-8-5-6-8/h8-10H,2-7H2,1H3. The van der Waals surface area contributed by atoms with Crippen LogP contribution in [-0.2, 0) is 0 Å². The van der Waals surface area contributed by atoms with E-state index in [1.165, 1.54) is 38.6 Å². The Labute approximate surface area is 69.0 Å². The van der Waals surface area contributed by atoms with Gasteiger partial charge in [0.15, 0.2) is 0 Å². The summed E-state index contributed by atoms with van der Waals surface area (Å²) < 4.78 is 0. The molecular formula is C9H18N2. The number of nitrogens with one attached hydrogen (secondary N) is 1. The van der Waals surface area contributed by atoms with Gasteiger partial charge in [-0.05, 0) is 45.7 Å². The monoisotopic (exact) mass is 154 g/mol. The largest absolute Gasteiger partial charge is 0.299 e. The smallest absolute Gasteiger partial charge is 0.0596 e. The Hall–Kier alpha value is -0.0800. The Morgan fingerprint density at radius 2 is 2.00 bits per heavy atom. The highest BCUT2D eigenvalue weighted by molar-refractivity contribution is 4.85. The summed E-state index contributed by atoms with van der Waals surface area (Å²) in [7, 11) is 2.24. The fraction of sp³-hybridized carbons (Fsp3) is 1.00. The molecular weight excluding hydrogens is 136 g/mol. The molecule has 1 unspecified atom stereocenters. The molecule has 1 aliphatic heterocycles. The fourth-order valence-corrected chi connectivity index (χ4v) is 1.81. The van der Waals surface area contributed by atoms with Crippen LogP contribution in [0.15, 0.2) is 0 Å². The second kappa shape index (κ2) is 3.11. The summed E-state index contributed by atoms with van der Waals surface area (Å²) in [5.41, 5.74) is 0. The van der Waals surface area contributed by atoms with Gasteiger partial charge in [0.2, 0.25) is 0 Å². The first kappa shape index (κ1) is 7.56. The number of nitrogens with zero attached hydrogens (tertiary/aromatic N) is 1. The van der Waals surface area contributed by atoms with Crippen molar-refractivity contribution in [3.05, 3.63) is 0 Å². The van der Waals surface area contributed by atoms with Gasteiger partial charge in [0.25, 0.3) is 0 Å². The predicted octanol–water partition coefficient (Wildman–Crippen LogP) is 1.18. The first-order valence-electron chi connectivity index (χ1n) is 4.82. The normalized spacial score (nSPS) is 34.1. The number of hydrogen-bond donors (Lipinski definition) is 1. The van der Waals surface area contributed by atoms with Crippen LogP contribution in [0.1, 0.15) is 32.1 Å². The second-order valence-corrected chi connectivity index (χ2v) is 3.93. The SMILES string of the molecule is CN1CCCCC1NC1CC1. The maximum atomic E-state index is 3.67. The number of hydrogen-bond acceptors (Lipinski definition) is 2. The van der Waals surface area contributed by atoms with Gasteiger partial charge in [-0.2, -0.15) is 0 Å². The lowest BCUT2D eigenvalue weighted by atomic mass is 10.1. The van der Waals surface area contributed by atoms with Gasteiger partial charge >= 0.3 is 0 Å². The van der Waals surface area contributed by atoms with Crippen LogP contribution >= 0.6 is 0 Å². The lowest BCUT2D eigenvalue weighted by Gasteiger charge is -2.33. The summed E-state index contributed by atoms with van der Waals surface area (Å²) in [4.78, 5) is 2.46. The molecule has 0 radical (unpaired) electrons. The molecule has 0 aromatic heterocycles. The quantitative estimate of drug-likeness (QED) is 0.642. The third kappa shape index (κ3) is 1.94. The topological polar surface area (TPSA) is 15.3 Å². The minimum atomic E-state index is 0.691. The molecule has 0 aromatic carbocycles. The van der Waals surface area contributed by atoms with Crippen molar-refractivity contribution in [1.29, 1.82) is 0 Å². The van der Waals surface area contributed by atoms with Crippen LogP contribution in [-0.4, -0.2) is 30.7 Å². The molecule has 1 heterocycles. The van der Waals surface area contributed by atoms with Crippen LogP contribution in [0.2, 0.25) is 0 Å². The summed E-state index contributed by atoms with van der Waals surface area (Å²) in [6.45, 7) is 1.28. The van der Waals surface area contributed by atoms with E-state index in [2.05, 4.69) is 17.3 Å². The zero-order valence-corrected chi connectivity index (χ0v) is 7.34. The highest BCUT2D eigenvalue weighted by atomic mass is 15.3. The average Bonchev–Trinajstić information content (AvgIpc) is 2.78. The Balaban J connectivity index is 1.78. The highest BCUT2D eigenvalue weighted by Gasteiger charge is 2.27. The van der Waals surface area contributed by atoms with Gasteiger partial charge in [-0.1, -0.05) is 0 Å². The summed E-state index contributed by atoms with van der Waals surface area (Å²) in [6, 6.07) is 0.862. The molecule has 11 heavy (non-hydrogen) atoms. The summed E-state index contributed by atoms with van der Waals surface area (Å²) in [5.74, 6) is 0. The van der Waals surface area contributed by atoms with Gasteiger partial charge in [0.05, 0.1) is 6.17 Å². The van der Waals surface area contributed by atoms with Gasteiger partial charge in [-0.3, -0.25) is 10.2 Å². The van der Waals surface area contributed by atoms with Gasteiger partial charge in [-0.15, -0.1) is 0 Å². The van der Waals surface area contributed by atoms with Crippen molar-refractivity contribution in [1.82, 2.24) is 10.2 Å². The maximum Gasteiger partial charge on any atom is 0.0596 e. The molecule has 1 saturated carbocycles. The van der Waals surface area contributed by atoms with E-state index in [-0.39, 0.29) is 0 Å². The molecule has 1 atom stereocenters. The van der Waals surface area contributed by atoms with Gasteiger partial charge in [0.1, 0.15) is 0 Å². The molecule has 1 N–H and O–H groups in total. The Morgan fingerprint density at radius 3 is 2.64 bits per heavy atom. The third-order valence-corrected chi connectivity index (χ3v) is 2.78. The van der Waals surface area contributed by atoms with Crippen molar-refractivity contribution in [3.63, 3.8) is 0 Å². The van der Waals surface area contributed by atoms with E-state index < -0.39 is 0 Å². The molecule has 64 valence electrons. The van der Waals surface area contributed by atoms with Gasteiger partial charge < -0.3 is 0 Å². The minimum Gasteiger partial charge on any atom is -0.299 e. The van der Waals surface area contributed by atoms with Crippen LogP contribution in [0.3, 0.4) is 0 Å². The first-order valence-corrected chi connectivity index (χ1v) is 4.82. The van der Waals surface area contributed by atoms with E-state index in [1.807, 2.05) is 0 Å². The lowest BCUT2D eigenvalue weighted by Crippen LogP contribution is -2.47. The van der Waals surface area contributed by atoms with E-state index in [4.69, 9.17) is 0 Å². The van der Waals surface area contributed by atoms with Crippen molar-refractivity contribution in [3.8, 4) is 0 Å². The molecule has 0 bridgehead atoms. The van der Waals surface area contributed by atoms with Gasteiger partial charge in [-0.25, -0.2) is 0 Å². The Bertz CT molecular complexity index is 132. The molecule has 0 spiro atoms. The van der Waals surface area contributed by atoms with Crippen LogP contribution in [0.25, 0.3) is 0 Å². The molecule has 2 rings (SSSR count). The first-order chi connectivity index (χ1) is 5.36. The van der Waals surface area contributed by atoms with E-state index in [0.29, 0.717) is 6.17 Å². The molecule has 2 nitrogen and oxygen atoms in total. The lowest BCUT2D eigenvalue weighted by molar-refractivity contribution is 0.152. The molecule has 0 aromatic rings. The summed E-state index contributed by atoms with van der Waals surface area (Å²) >= 11 is 0. The van der Waals surface area contributed by atoms with Crippen molar-refractivity contribution in [2.75, 3.05) is 13.6 Å². The van der Waals surface area contributed by atoms with Crippen LogP contribution < -0.4 is 5.32 Å². The van der Waals surface area contributed by atoms with E-state index in [9.17, 15) is 0 Å². The molecule has 0 amide bonds. The number of likely N-dealkylation sites (tertiary alicyclic amines) is 1. The van der Waals surface area contributed by atoms with Crippen molar-refractivity contribution < 1.29 is 0 Å². The van der Waals surface area contributed by atoms with Crippen molar-refractivity contribution in [2.24, 2.45) is 0 Å². The van der Waals surface area contributed by atoms with Crippen molar-refractivity contribution >= 4 is 0 Å². The molecule has 2 aliphatic rings. The Morgan fingerprint density at radius 1 is 1.18 bits per heavy atom.